The minimum atomic E-state index is -0.888. The van der Waals surface area contributed by atoms with Crippen molar-refractivity contribution in [1.29, 1.82) is 0 Å². The largest absolute Gasteiger partial charge is 0.494 e. The standard InChI is InChI=1S/C14H18O4S/c1-10-3-5-13(6-4-10)18-8-7-12(14(16)17)9-19-11(2)15/h3-6,12H,7-9H2,1-2H3,(H,16,17). The third-order valence-electron chi connectivity index (χ3n) is 2.59. The van der Waals surface area contributed by atoms with Crippen molar-refractivity contribution in [3.05, 3.63) is 29.8 Å². The lowest BCUT2D eigenvalue weighted by atomic mass is 10.1. The van der Waals surface area contributed by atoms with Crippen molar-refractivity contribution >= 4 is 22.8 Å². The molecule has 1 aromatic rings. The molecule has 1 atom stereocenters. The molecule has 0 saturated carbocycles. The highest BCUT2D eigenvalue weighted by Crippen LogP contribution is 2.16. The monoisotopic (exact) mass is 282 g/mol. The number of hydrogen-bond acceptors (Lipinski definition) is 4. The number of hydrogen-bond donors (Lipinski definition) is 1. The maximum Gasteiger partial charge on any atom is 0.307 e. The van der Waals surface area contributed by atoms with Gasteiger partial charge in [0.1, 0.15) is 5.75 Å². The Labute approximate surface area is 117 Å². The highest BCUT2D eigenvalue weighted by molar-refractivity contribution is 8.13. The smallest absolute Gasteiger partial charge is 0.307 e. The van der Waals surface area contributed by atoms with E-state index in [9.17, 15) is 9.59 Å². The summed E-state index contributed by atoms with van der Waals surface area (Å²) in [5.74, 6) is -0.420. The Balaban J connectivity index is 2.37. The fourth-order valence-corrected chi connectivity index (χ4v) is 2.19. The van der Waals surface area contributed by atoms with E-state index in [1.807, 2.05) is 31.2 Å². The molecule has 1 N–H and O–H groups in total. The number of aliphatic carboxylic acids is 1. The van der Waals surface area contributed by atoms with Crippen molar-refractivity contribution < 1.29 is 19.4 Å². The number of carbonyl (C=O) groups is 2. The van der Waals surface area contributed by atoms with Gasteiger partial charge in [-0.15, -0.1) is 0 Å². The summed E-state index contributed by atoms with van der Waals surface area (Å²) in [6, 6.07) is 7.59. The molecule has 1 aromatic carbocycles. The van der Waals surface area contributed by atoms with Crippen molar-refractivity contribution in [2.75, 3.05) is 12.4 Å². The second-order valence-electron chi connectivity index (χ2n) is 4.29. The Kier molecular flexibility index (Phi) is 6.42. The molecule has 0 spiro atoms. The minimum absolute atomic E-state index is 0.0642. The molecule has 0 radical (unpaired) electrons. The molecule has 0 aliphatic heterocycles. The molecule has 0 aliphatic carbocycles. The van der Waals surface area contributed by atoms with Gasteiger partial charge in [0, 0.05) is 12.7 Å². The first kappa shape index (κ1) is 15.6. The third kappa shape index (κ3) is 6.29. The SMILES string of the molecule is CC(=O)SCC(CCOc1ccc(C)cc1)C(=O)O. The van der Waals surface area contributed by atoms with Gasteiger partial charge in [0.25, 0.3) is 0 Å². The Morgan fingerprint density at radius 1 is 1.32 bits per heavy atom. The zero-order chi connectivity index (χ0) is 14.3. The van der Waals surface area contributed by atoms with E-state index in [0.29, 0.717) is 18.8 Å². The molecule has 5 heteroatoms. The van der Waals surface area contributed by atoms with Crippen LogP contribution in [-0.2, 0) is 9.59 Å². The Bertz CT molecular complexity index is 428. The number of ether oxygens (including phenoxy) is 1. The van der Waals surface area contributed by atoms with Crippen molar-refractivity contribution in [3.63, 3.8) is 0 Å². The molecule has 104 valence electrons. The number of thioether (sulfide) groups is 1. The van der Waals surface area contributed by atoms with E-state index >= 15 is 0 Å². The predicted octanol–water partition coefficient (Wildman–Crippen LogP) is 2.74. The van der Waals surface area contributed by atoms with Gasteiger partial charge in [-0.05, 0) is 25.5 Å². The van der Waals surface area contributed by atoms with Gasteiger partial charge in [0.15, 0.2) is 5.12 Å². The summed E-state index contributed by atoms with van der Waals surface area (Å²) in [6.07, 6.45) is 0.392. The normalized spacial score (nSPS) is 11.9. The number of carboxylic acid groups (broad SMARTS) is 1. The molecule has 0 heterocycles. The lowest BCUT2D eigenvalue weighted by Crippen LogP contribution is -2.19. The summed E-state index contributed by atoms with van der Waals surface area (Å²) in [5, 5.41) is 8.98. The van der Waals surface area contributed by atoms with Crippen molar-refractivity contribution in [3.8, 4) is 5.75 Å². The van der Waals surface area contributed by atoms with Crippen LogP contribution in [0.1, 0.15) is 18.9 Å². The number of carboxylic acids is 1. The van der Waals surface area contributed by atoms with Crippen LogP contribution in [0.2, 0.25) is 0 Å². The van der Waals surface area contributed by atoms with Crippen LogP contribution in [0, 0.1) is 12.8 Å². The predicted molar refractivity (Wildman–Crippen MR) is 75.6 cm³/mol. The molecule has 1 unspecified atom stereocenters. The van der Waals surface area contributed by atoms with Gasteiger partial charge in [-0.3, -0.25) is 9.59 Å². The van der Waals surface area contributed by atoms with Crippen LogP contribution in [0.15, 0.2) is 24.3 Å². The minimum Gasteiger partial charge on any atom is -0.494 e. The molecule has 0 amide bonds. The topological polar surface area (TPSA) is 63.6 Å². The van der Waals surface area contributed by atoms with Crippen LogP contribution < -0.4 is 4.74 Å². The van der Waals surface area contributed by atoms with Crippen LogP contribution in [0.3, 0.4) is 0 Å². The number of rotatable bonds is 7. The molecular formula is C14H18O4S. The van der Waals surface area contributed by atoms with Crippen LogP contribution in [0.25, 0.3) is 0 Å². The van der Waals surface area contributed by atoms with Gasteiger partial charge in [-0.1, -0.05) is 29.5 Å². The maximum absolute atomic E-state index is 11.0. The van der Waals surface area contributed by atoms with E-state index in [-0.39, 0.29) is 5.12 Å². The molecule has 0 aromatic heterocycles. The van der Waals surface area contributed by atoms with Gasteiger partial charge in [0.2, 0.25) is 0 Å². The summed E-state index contributed by atoms with van der Waals surface area (Å²) < 4.78 is 5.49. The van der Waals surface area contributed by atoms with Gasteiger partial charge in [0.05, 0.1) is 12.5 Å². The Morgan fingerprint density at radius 3 is 2.47 bits per heavy atom. The van der Waals surface area contributed by atoms with Crippen LogP contribution in [-0.4, -0.2) is 28.6 Å². The zero-order valence-electron chi connectivity index (χ0n) is 11.1. The molecule has 0 bridgehead atoms. The van der Waals surface area contributed by atoms with Gasteiger partial charge < -0.3 is 9.84 Å². The molecule has 4 nitrogen and oxygen atoms in total. The lowest BCUT2D eigenvalue weighted by Gasteiger charge is -2.12. The quantitative estimate of drug-likeness (QED) is 0.833. The maximum atomic E-state index is 11.0. The van der Waals surface area contributed by atoms with E-state index in [0.717, 1.165) is 23.1 Å². The summed E-state index contributed by atoms with van der Waals surface area (Å²) >= 11 is 1.04. The van der Waals surface area contributed by atoms with Gasteiger partial charge in [-0.2, -0.15) is 0 Å². The number of benzene rings is 1. The Morgan fingerprint density at radius 2 is 1.95 bits per heavy atom. The van der Waals surface area contributed by atoms with Gasteiger partial charge in [-0.25, -0.2) is 0 Å². The second-order valence-corrected chi connectivity index (χ2v) is 5.48. The number of aryl methyl sites for hydroxylation is 1. The van der Waals surface area contributed by atoms with Crippen molar-refractivity contribution in [2.24, 2.45) is 5.92 Å². The molecule has 1 rings (SSSR count). The summed E-state index contributed by atoms with van der Waals surface area (Å²) in [6.45, 7) is 3.76. The van der Waals surface area contributed by atoms with E-state index in [1.165, 1.54) is 6.92 Å². The summed E-state index contributed by atoms with van der Waals surface area (Å²) in [5.41, 5.74) is 1.15. The second kappa shape index (κ2) is 7.84. The Hall–Kier alpha value is -1.49. The lowest BCUT2D eigenvalue weighted by molar-refractivity contribution is -0.141. The first-order valence-corrected chi connectivity index (χ1v) is 7.03. The fourth-order valence-electron chi connectivity index (χ4n) is 1.45. The average molecular weight is 282 g/mol. The van der Waals surface area contributed by atoms with E-state index in [4.69, 9.17) is 9.84 Å². The highest BCUT2D eigenvalue weighted by Gasteiger charge is 2.18. The fraction of sp³-hybridized carbons (Fsp3) is 0.429. The van der Waals surface area contributed by atoms with E-state index < -0.39 is 11.9 Å². The average Bonchev–Trinajstić information content (AvgIpc) is 2.35. The molecule has 19 heavy (non-hydrogen) atoms. The summed E-state index contributed by atoms with van der Waals surface area (Å²) in [7, 11) is 0. The molecule has 0 saturated heterocycles. The third-order valence-corrected chi connectivity index (χ3v) is 3.57. The molecule has 0 aliphatic rings. The van der Waals surface area contributed by atoms with Crippen molar-refractivity contribution in [1.82, 2.24) is 0 Å². The first-order valence-electron chi connectivity index (χ1n) is 6.04. The van der Waals surface area contributed by atoms with Crippen molar-refractivity contribution in [2.45, 2.75) is 20.3 Å². The molecular weight excluding hydrogens is 264 g/mol. The highest BCUT2D eigenvalue weighted by atomic mass is 32.2. The van der Waals surface area contributed by atoms with Crippen LogP contribution in [0.4, 0.5) is 0 Å². The number of carbonyl (C=O) groups excluding carboxylic acids is 1. The van der Waals surface area contributed by atoms with E-state index in [2.05, 4.69) is 0 Å². The first-order chi connectivity index (χ1) is 8.99. The van der Waals surface area contributed by atoms with Crippen LogP contribution in [0.5, 0.6) is 5.75 Å². The zero-order valence-corrected chi connectivity index (χ0v) is 11.9. The van der Waals surface area contributed by atoms with Crippen LogP contribution >= 0.6 is 11.8 Å². The summed E-state index contributed by atoms with van der Waals surface area (Å²) in [4.78, 5) is 21.9. The molecule has 0 fully saturated rings. The van der Waals surface area contributed by atoms with Gasteiger partial charge >= 0.3 is 5.97 Å². The van der Waals surface area contributed by atoms with E-state index in [1.54, 1.807) is 0 Å².